The molecule has 6 saturated heterocycles. The van der Waals surface area contributed by atoms with Crippen molar-refractivity contribution in [1.82, 2.24) is 29.4 Å². The number of hydrogen-bond acceptors (Lipinski definition) is 6. The summed E-state index contributed by atoms with van der Waals surface area (Å²) in [5, 5.41) is 0. The summed E-state index contributed by atoms with van der Waals surface area (Å²) < 4.78 is 0. The molecule has 498 valence electrons. The normalized spacial score (nSPS) is 41.6. The van der Waals surface area contributed by atoms with Crippen LogP contribution in [0.5, 0.6) is 0 Å². The molecule has 6 nitrogen and oxygen atoms in total. The number of likely N-dealkylation sites (tertiary alicyclic amines) is 6. The van der Waals surface area contributed by atoms with Gasteiger partial charge in [-0.1, -0.05) is 132 Å². The molecule has 12 rings (SSSR count). The highest BCUT2D eigenvalue weighted by molar-refractivity contribution is 5.21. The van der Waals surface area contributed by atoms with Gasteiger partial charge in [0.15, 0.2) is 0 Å². The highest BCUT2D eigenvalue weighted by Crippen LogP contribution is 2.67. The zero-order chi connectivity index (χ0) is 65.5. The van der Waals surface area contributed by atoms with E-state index >= 15 is 0 Å². The number of fused-ring (bicyclic) bond motifs is 6. The molecule has 6 heterocycles. The summed E-state index contributed by atoms with van der Waals surface area (Å²) in [4.78, 5) is 16.5. The Kier molecular flexibility index (Phi) is 18.6. The molecular weight excluding hydrogens is 1030 g/mol. The largest absolute Gasteiger partial charge is 0.294 e. The summed E-state index contributed by atoms with van der Waals surface area (Å²) in [6.07, 6.45) is 11.6. The lowest BCUT2D eigenvalue weighted by atomic mass is 9.81. The predicted octanol–water partition coefficient (Wildman–Crippen LogP) is 19.7. The SMILES string of the molecule is CC(C)(C)C1C2CC2(C)CN1C(C)(C)C.CC(C)(C)C1C2CC2CN1C(C)(C)C.CC(C)(C)C1CC2(C)CC2N1C(C)(C)C.CC(C)(C)C1[C@@H]2C[C@@H]2CN1C(C)(C)C.CC(C)(C)C1[C@@H]2C[C@]2(C)CN1C(C)(C)C.C[C@@H]1C[C@@]2(C)C[C@H]2N1C(C)(C)C. The fourth-order valence-electron chi connectivity index (χ4n) is 20.3. The molecule has 11 unspecified atom stereocenters. The van der Waals surface area contributed by atoms with Crippen molar-refractivity contribution in [2.45, 2.75) is 396 Å². The van der Waals surface area contributed by atoms with E-state index in [2.05, 4.69) is 293 Å². The summed E-state index contributed by atoms with van der Waals surface area (Å²) in [5.41, 5.74) is 6.84. The van der Waals surface area contributed by atoms with E-state index in [-0.39, 0.29) is 0 Å². The first-order chi connectivity index (χ1) is 37.4. The van der Waals surface area contributed by atoms with Gasteiger partial charge in [-0.2, -0.15) is 0 Å². The molecule has 18 atom stereocenters. The van der Waals surface area contributed by atoms with Crippen LogP contribution in [-0.4, -0.2) is 137 Å². The lowest BCUT2D eigenvalue weighted by Gasteiger charge is -2.45. The van der Waals surface area contributed by atoms with Crippen LogP contribution in [0.1, 0.15) is 314 Å². The van der Waals surface area contributed by atoms with Crippen LogP contribution in [0.15, 0.2) is 0 Å². The van der Waals surface area contributed by atoms with E-state index in [4.69, 9.17) is 0 Å². The minimum Gasteiger partial charge on any atom is -0.294 e. The van der Waals surface area contributed by atoms with Crippen molar-refractivity contribution in [3.63, 3.8) is 0 Å². The Hall–Kier alpha value is -0.240. The van der Waals surface area contributed by atoms with E-state index in [0.29, 0.717) is 82.0 Å². The first kappa shape index (κ1) is 72.2. The van der Waals surface area contributed by atoms with E-state index in [1.807, 2.05) is 0 Å². The summed E-state index contributed by atoms with van der Waals surface area (Å²) in [5.74, 6) is 5.98. The van der Waals surface area contributed by atoms with E-state index in [9.17, 15) is 0 Å². The first-order valence-corrected chi connectivity index (χ1v) is 36.1. The van der Waals surface area contributed by atoms with Crippen LogP contribution in [0.4, 0.5) is 0 Å². The van der Waals surface area contributed by atoms with Crippen molar-refractivity contribution in [3.05, 3.63) is 0 Å². The minimum absolute atomic E-state index is 0.328. The highest BCUT2D eigenvalue weighted by atomic mass is 15.3. The molecule has 6 heteroatoms. The van der Waals surface area contributed by atoms with Gasteiger partial charge in [0.1, 0.15) is 0 Å². The van der Waals surface area contributed by atoms with E-state index in [1.54, 1.807) is 0 Å². The van der Waals surface area contributed by atoms with Crippen LogP contribution in [-0.2, 0) is 0 Å². The van der Waals surface area contributed by atoms with Gasteiger partial charge in [-0.25, -0.2) is 0 Å². The van der Waals surface area contributed by atoms with E-state index in [0.717, 1.165) is 83.8 Å². The van der Waals surface area contributed by atoms with Crippen molar-refractivity contribution in [2.24, 2.45) is 84.2 Å². The number of nitrogens with zero attached hydrogens (tertiary/aromatic N) is 6. The fraction of sp³-hybridized carbons (Fsp3) is 1.00. The maximum Gasteiger partial charge on any atom is 0.0183 e. The maximum atomic E-state index is 2.80. The summed E-state index contributed by atoms with van der Waals surface area (Å²) in [6, 6.07) is 6.51. The average molecular weight is 1190 g/mol. The molecule has 0 radical (unpaired) electrons. The van der Waals surface area contributed by atoms with Crippen LogP contribution in [0.25, 0.3) is 0 Å². The molecular formula is C79H152N6. The van der Waals surface area contributed by atoms with Gasteiger partial charge in [-0.15, -0.1) is 0 Å². The molecule has 0 bridgehead atoms. The van der Waals surface area contributed by atoms with E-state index in [1.165, 1.54) is 77.5 Å². The maximum absolute atomic E-state index is 2.80. The Morgan fingerprint density at radius 1 is 0.294 bits per heavy atom. The second kappa shape index (κ2) is 21.9. The monoisotopic (exact) mass is 1190 g/mol. The zero-order valence-corrected chi connectivity index (χ0v) is 64.8. The molecule has 6 saturated carbocycles. The van der Waals surface area contributed by atoms with Crippen molar-refractivity contribution in [3.8, 4) is 0 Å². The average Bonchev–Trinajstić information content (AvgIpc) is 1.60. The molecule has 0 spiro atoms. The van der Waals surface area contributed by atoms with Gasteiger partial charge in [-0.3, -0.25) is 29.4 Å². The highest BCUT2D eigenvalue weighted by Gasteiger charge is 2.68. The second-order valence-electron chi connectivity index (χ2n) is 44.8. The fourth-order valence-corrected chi connectivity index (χ4v) is 20.3. The van der Waals surface area contributed by atoms with Crippen LogP contribution >= 0.6 is 0 Å². The van der Waals surface area contributed by atoms with Crippen molar-refractivity contribution in [1.29, 1.82) is 0 Å². The van der Waals surface area contributed by atoms with Crippen LogP contribution in [0, 0.1) is 84.2 Å². The number of rotatable bonds is 0. The zero-order valence-electron chi connectivity index (χ0n) is 64.8. The first-order valence-electron chi connectivity index (χ1n) is 36.1. The van der Waals surface area contributed by atoms with Gasteiger partial charge in [0, 0.05) is 108 Å². The standard InChI is InChI=1S/3C14H27N.2C13H25N.C11H21N/c2*1-12(2,3)11-10-8-14(10,7)9-15(11)13(4,5)6;1-12(2,3)10-8-14(7)9-11(14)15(10)13(4,5)6;2*1-12(2,3)11-10-7-9(10)8-14(11)13(4,5)6;1-8-6-11(5)7-9(11)12(8)10(2,3)4/h3*10-11H,8-9H2,1-7H3;2*9-11H,7-8H2,1-6H3;8-9H,6-7H2,1-5H3/t10-,11?,14+;;;9-,10-,11?;;8-,9-,11+/m0..1.1/s1. The Bertz CT molecular complexity index is 2110. The smallest absolute Gasteiger partial charge is 0.0183 e. The molecule has 85 heavy (non-hydrogen) atoms. The molecule has 12 fully saturated rings. The Labute approximate surface area is 533 Å². The van der Waals surface area contributed by atoms with Gasteiger partial charge in [0.05, 0.1) is 0 Å². The van der Waals surface area contributed by atoms with Gasteiger partial charge < -0.3 is 0 Å². The topological polar surface area (TPSA) is 19.4 Å². The molecule has 6 aliphatic carbocycles. The predicted molar refractivity (Wildman–Crippen MR) is 373 cm³/mol. The lowest BCUT2D eigenvalue weighted by molar-refractivity contribution is 0.0354. The molecule has 0 N–H and O–H groups in total. The van der Waals surface area contributed by atoms with Crippen molar-refractivity contribution < 1.29 is 0 Å². The number of hydrogen-bond donors (Lipinski definition) is 0. The Morgan fingerprint density at radius 3 is 0.788 bits per heavy atom. The third-order valence-corrected chi connectivity index (χ3v) is 24.7. The van der Waals surface area contributed by atoms with Gasteiger partial charge in [0.25, 0.3) is 0 Å². The van der Waals surface area contributed by atoms with Crippen molar-refractivity contribution >= 4 is 0 Å². The summed E-state index contributed by atoms with van der Waals surface area (Å²) in [7, 11) is 0. The van der Waals surface area contributed by atoms with E-state index < -0.39 is 0 Å². The molecule has 0 aromatic rings. The van der Waals surface area contributed by atoms with Gasteiger partial charge in [0.2, 0.25) is 0 Å². The van der Waals surface area contributed by atoms with Crippen molar-refractivity contribution in [2.75, 3.05) is 26.2 Å². The van der Waals surface area contributed by atoms with Gasteiger partial charge in [-0.05, 0) is 267 Å². The van der Waals surface area contributed by atoms with Crippen LogP contribution in [0.2, 0.25) is 0 Å². The molecule has 12 aliphatic rings. The molecule has 0 aromatic heterocycles. The third kappa shape index (κ3) is 15.5. The number of piperidine rings is 6. The van der Waals surface area contributed by atoms with Crippen LogP contribution in [0.3, 0.4) is 0 Å². The Morgan fingerprint density at radius 2 is 0.588 bits per heavy atom. The van der Waals surface area contributed by atoms with Crippen LogP contribution < -0.4 is 0 Å². The summed E-state index contributed by atoms with van der Waals surface area (Å²) >= 11 is 0. The summed E-state index contributed by atoms with van der Waals surface area (Å²) in [6.45, 7) is 96.0. The Balaban J connectivity index is 0.000000146. The minimum atomic E-state index is 0.328. The quantitative estimate of drug-likeness (QED) is 0.239. The second-order valence-corrected chi connectivity index (χ2v) is 44.8. The molecule has 0 amide bonds. The lowest BCUT2D eigenvalue weighted by Crippen LogP contribution is -2.51. The third-order valence-electron chi connectivity index (χ3n) is 24.7. The molecule has 6 aliphatic heterocycles. The van der Waals surface area contributed by atoms with Gasteiger partial charge >= 0.3 is 0 Å². The molecule has 0 aromatic carbocycles.